The molecule has 1 rings (SSSR count). The van der Waals surface area contributed by atoms with Crippen LogP contribution in [-0.4, -0.2) is 24.5 Å². The summed E-state index contributed by atoms with van der Waals surface area (Å²) in [6.07, 6.45) is 1.38. The lowest BCUT2D eigenvalue weighted by Gasteiger charge is -2.41. The van der Waals surface area contributed by atoms with E-state index in [0.717, 1.165) is 23.8 Å². The first-order chi connectivity index (χ1) is 5.52. The van der Waals surface area contributed by atoms with E-state index < -0.39 is 0 Å². The largest absolute Gasteiger partial charge is 0.303 e. The van der Waals surface area contributed by atoms with Gasteiger partial charge < -0.3 is 4.90 Å². The van der Waals surface area contributed by atoms with Crippen molar-refractivity contribution < 1.29 is 0 Å². The lowest BCUT2D eigenvalue weighted by molar-refractivity contribution is 0.0775. The number of piperidine rings is 1. The second kappa shape index (κ2) is 3.78. The van der Waals surface area contributed by atoms with Crippen molar-refractivity contribution in [1.29, 1.82) is 0 Å². The van der Waals surface area contributed by atoms with Gasteiger partial charge in [-0.05, 0) is 38.1 Å². The Hall–Kier alpha value is -0.0400. The molecular formula is C11H23N. The highest BCUT2D eigenvalue weighted by atomic mass is 15.1. The Morgan fingerprint density at radius 1 is 1.25 bits per heavy atom. The van der Waals surface area contributed by atoms with Gasteiger partial charge >= 0.3 is 0 Å². The average Bonchev–Trinajstić information content (AvgIpc) is 1.96. The Morgan fingerprint density at radius 3 is 2.33 bits per heavy atom. The molecule has 1 heterocycles. The van der Waals surface area contributed by atoms with E-state index in [-0.39, 0.29) is 0 Å². The summed E-state index contributed by atoms with van der Waals surface area (Å²) in [6, 6.07) is 0.786. The number of hydrogen-bond donors (Lipinski definition) is 0. The topological polar surface area (TPSA) is 3.24 Å². The van der Waals surface area contributed by atoms with Crippen molar-refractivity contribution in [2.24, 2.45) is 17.8 Å². The smallest absolute Gasteiger partial charge is 0.00668 e. The van der Waals surface area contributed by atoms with Crippen LogP contribution in [-0.2, 0) is 0 Å². The van der Waals surface area contributed by atoms with Crippen LogP contribution in [0.15, 0.2) is 0 Å². The number of hydrogen-bond acceptors (Lipinski definition) is 1. The summed E-state index contributed by atoms with van der Waals surface area (Å²) >= 11 is 0. The first-order valence-corrected chi connectivity index (χ1v) is 5.22. The zero-order valence-electron chi connectivity index (χ0n) is 9.17. The number of rotatable bonds is 1. The van der Waals surface area contributed by atoms with E-state index in [9.17, 15) is 0 Å². The van der Waals surface area contributed by atoms with Crippen LogP contribution >= 0.6 is 0 Å². The second-order valence-corrected chi connectivity index (χ2v) is 4.91. The number of nitrogens with zero attached hydrogens (tertiary/aromatic N) is 1. The average molecular weight is 169 g/mol. The van der Waals surface area contributed by atoms with Gasteiger partial charge in [0.1, 0.15) is 0 Å². The summed E-state index contributed by atoms with van der Waals surface area (Å²) in [6.45, 7) is 10.7. The van der Waals surface area contributed by atoms with Gasteiger partial charge in [-0.1, -0.05) is 20.8 Å². The van der Waals surface area contributed by atoms with Crippen molar-refractivity contribution in [3.05, 3.63) is 0 Å². The molecule has 0 amide bonds. The molecule has 0 aliphatic carbocycles. The fraction of sp³-hybridized carbons (Fsp3) is 1.00. The zero-order chi connectivity index (χ0) is 9.30. The van der Waals surface area contributed by atoms with Crippen LogP contribution in [0.2, 0.25) is 0 Å². The SMILES string of the molecule is CC(C)C1CC(C)N(C)CC1C. The van der Waals surface area contributed by atoms with Gasteiger partial charge in [-0.2, -0.15) is 0 Å². The Bertz CT molecular complexity index is 142. The molecule has 0 spiro atoms. The van der Waals surface area contributed by atoms with Crippen LogP contribution in [0.5, 0.6) is 0 Å². The lowest BCUT2D eigenvalue weighted by Crippen LogP contribution is -2.44. The molecule has 0 aromatic carbocycles. The molecule has 3 atom stereocenters. The van der Waals surface area contributed by atoms with Gasteiger partial charge in [-0.25, -0.2) is 0 Å². The molecule has 0 bridgehead atoms. The van der Waals surface area contributed by atoms with E-state index in [1.165, 1.54) is 13.0 Å². The third kappa shape index (κ3) is 2.01. The predicted octanol–water partition coefficient (Wildman–Crippen LogP) is 2.62. The molecule has 1 aliphatic heterocycles. The monoisotopic (exact) mass is 169 g/mol. The van der Waals surface area contributed by atoms with Crippen molar-refractivity contribution in [3.8, 4) is 0 Å². The van der Waals surface area contributed by atoms with Gasteiger partial charge in [-0.15, -0.1) is 0 Å². The fourth-order valence-electron chi connectivity index (χ4n) is 2.50. The normalized spacial score (nSPS) is 39.0. The summed E-state index contributed by atoms with van der Waals surface area (Å²) < 4.78 is 0. The molecule has 1 heteroatoms. The van der Waals surface area contributed by atoms with Crippen LogP contribution in [0.25, 0.3) is 0 Å². The highest BCUT2D eigenvalue weighted by Gasteiger charge is 2.30. The Kier molecular flexibility index (Phi) is 3.16. The van der Waals surface area contributed by atoms with Gasteiger partial charge in [0.25, 0.3) is 0 Å². The maximum absolute atomic E-state index is 2.49. The standard InChI is InChI=1S/C11H23N/c1-8(2)11-6-10(4)12(5)7-9(11)3/h8-11H,6-7H2,1-5H3. The van der Waals surface area contributed by atoms with Crippen LogP contribution < -0.4 is 0 Å². The first-order valence-electron chi connectivity index (χ1n) is 5.22. The van der Waals surface area contributed by atoms with Gasteiger partial charge in [-0.3, -0.25) is 0 Å². The lowest BCUT2D eigenvalue weighted by atomic mass is 9.77. The van der Waals surface area contributed by atoms with Crippen LogP contribution in [0, 0.1) is 17.8 Å². The highest BCUT2D eigenvalue weighted by Crippen LogP contribution is 2.31. The Balaban J connectivity index is 2.55. The van der Waals surface area contributed by atoms with Crippen molar-refractivity contribution in [1.82, 2.24) is 4.90 Å². The van der Waals surface area contributed by atoms with Crippen molar-refractivity contribution in [2.75, 3.05) is 13.6 Å². The van der Waals surface area contributed by atoms with E-state index >= 15 is 0 Å². The van der Waals surface area contributed by atoms with Crippen LogP contribution in [0.1, 0.15) is 34.1 Å². The fourth-order valence-corrected chi connectivity index (χ4v) is 2.50. The molecule has 1 fully saturated rings. The first kappa shape index (κ1) is 10.0. The molecule has 0 aromatic heterocycles. The third-order valence-corrected chi connectivity index (χ3v) is 3.53. The van der Waals surface area contributed by atoms with Gasteiger partial charge in [0.2, 0.25) is 0 Å². The molecule has 1 nitrogen and oxygen atoms in total. The maximum atomic E-state index is 2.49. The molecule has 0 aromatic rings. The molecule has 12 heavy (non-hydrogen) atoms. The molecule has 0 N–H and O–H groups in total. The molecule has 0 saturated carbocycles. The van der Waals surface area contributed by atoms with Gasteiger partial charge in [0.15, 0.2) is 0 Å². The summed E-state index contributed by atoms with van der Waals surface area (Å²) in [4.78, 5) is 2.49. The Morgan fingerprint density at radius 2 is 1.83 bits per heavy atom. The Labute approximate surface area is 77.1 Å². The molecule has 1 saturated heterocycles. The molecule has 3 unspecified atom stereocenters. The zero-order valence-corrected chi connectivity index (χ0v) is 9.17. The molecule has 72 valence electrons. The second-order valence-electron chi connectivity index (χ2n) is 4.91. The van der Waals surface area contributed by atoms with Gasteiger partial charge in [0, 0.05) is 12.6 Å². The summed E-state index contributed by atoms with van der Waals surface area (Å²) in [5, 5.41) is 0. The van der Waals surface area contributed by atoms with E-state index in [4.69, 9.17) is 0 Å². The van der Waals surface area contributed by atoms with Gasteiger partial charge in [0.05, 0.1) is 0 Å². The minimum atomic E-state index is 0.786. The van der Waals surface area contributed by atoms with Crippen molar-refractivity contribution in [2.45, 2.75) is 40.2 Å². The van der Waals surface area contributed by atoms with Crippen molar-refractivity contribution >= 4 is 0 Å². The minimum absolute atomic E-state index is 0.786. The van der Waals surface area contributed by atoms with E-state index in [1.54, 1.807) is 0 Å². The summed E-state index contributed by atoms with van der Waals surface area (Å²) in [7, 11) is 2.25. The van der Waals surface area contributed by atoms with Crippen LogP contribution in [0.3, 0.4) is 0 Å². The third-order valence-electron chi connectivity index (χ3n) is 3.53. The predicted molar refractivity (Wildman–Crippen MR) is 54.2 cm³/mol. The van der Waals surface area contributed by atoms with Crippen LogP contribution in [0.4, 0.5) is 0 Å². The van der Waals surface area contributed by atoms with E-state index in [2.05, 4.69) is 39.6 Å². The molecule has 1 aliphatic rings. The number of likely N-dealkylation sites (tertiary alicyclic amines) is 1. The minimum Gasteiger partial charge on any atom is -0.303 e. The van der Waals surface area contributed by atoms with Crippen molar-refractivity contribution in [3.63, 3.8) is 0 Å². The maximum Gasteiger partial charge on any atom is 0.00668 e. The molecule has 0 radical (unpaired) electrons. The van der Waals surface area contributed by atoms with E-state index in [1.807, 2.05) is 0 Å². The summed E-state index contributed by atoms with van der Waals surface area (Å²) in [5.74, 6) is 2.68. The quantitative estimate of drug-likeness (QED) is 0.583. The molecular weight excluding hydrogens is 146 g/mol. The summed E-state index contributed by atoms with van der Waals surface area (Å²) in [5.41, 5.74) is 0. The highest BCUT2D eigenvalue weighted by molar-refractivity contribution is 4.82. The van der Waals surface area contributed by atoms with E-state index in [0.29, 0.717) is 0 Å².